The van der Waals surface area contributed by atoms with Gasteiger partial charge in [0.25, 0.3) is 0 Å². The summed E-state index contributed by atoms with van der Waals surface area (Å²) >= 11 is 0. The highest BCUT2D eigenvalue weighted by Crippen LogP contribution is 1.99. The van der Waals surface area contributed by atoms with Gasteiger partial charge in [-0.15, -0.1) is 0 Å². The van der Waals surface area contributed by atoms with E-state index in [4.69, 9.17) is 9.84 Å². The Morgan fingerprint density at radius 2 is 2.23 bits per heavy atom. The molecule has 1 atom stereocenters. The smallest absolute Gasteiger partial charge is 0.333 e. The second kappa shape index (κ2) is 6.62. The molecule has 0 aliphatic rings. The number of hydrogen-bond acceptors (Lipinski definition) is 4. The summed E-state index contributed by atoms with van der Waals surface area (Å²) in [6, 6.07) is 0. The topological polar surface area (TPSA) is 66.8 Å². The molecule has 0 aromatic rings. The second-order valence-electron chi connectivity index (χ2n) is 2.90. The molecule has 1 unspecified atom stereocenters. The van der Waals surface area contributed by atoms with Crippen LogP contribution in [0.1, 0.15) is 19.8 Å². The summed E-state index contributed by atoms with van der Waals surface area (Å²) in [5, 5.41) is 17.6. The Morgan fingerprint density at radius 1 is 1.62 bits per heavy atom. The van der Waals surface area contributed by atoms with Crippen molar-refractivity contribution in [2.24, 2.45) is 0 Å². The molecular weight excluding hydrogens is 172 g/mol. The lowest BCUT2D eigenvalue weighted by Gasteiger charge is -2.09. The fourth-order valence-electron chi connectivity index (χ4n) is 0.705. The van der Waals surface area contributed by atoms with Gasteiger partial charge in [0.05, 0.1) is 6.10 Å². The average Bonchev–Trinajstić information content (AvgIpc) is 2.10. The number of aliphatic hydroxyl groups is 2. The first kappa shape index (κ1) is 12.1. The second-order valence-corrected chi connectivity index (χ2v) is 2.90. The highest BCUT2D eigenvalue weighted by molar-refractivity contribution is 5.86. The summed E-state index contributed by atoms with van der Waals surface area (Å²) in [5.74, 6) is -0.497. The van der Waals surface area contributed by atoms with Crippen LogP contribution in [0.4, 0.5) is 0 Å². The van der Waals surface area contributed by atoms with Gasteiger partial charge in [0.1, 0.15) is 6.61 Å². The maximum absolute atomic E-state index is 10.8. The number of carbonyl (C=O) groups is 1. The Kier molecular flexibility index (Phi) is 6.18. The van der Waals surface area contributed by atoms with Gasteiger partial charge in [0.15, 0.2) is 0 Å². The van der Waals surface area contributed by atoms with Crippen molar-refractivity contribution in [1.29, 1.82) is 0 Å². The quantitative estimate of drug-likeness (QED) is 0.463. The van der Waals surface area contributed by atoms with Gasteiger partial charge in [-0.3, -0.25) is 0 Å². The van der Waals surface area contributed by atoms with Crippen LogP contribution in [-0.2, 0) is 9.53 Å². The molecule has 76 valence electrons. The van der Waals surface area contributed by atoms with E-state index in [1.165, 1.54) is 0 Å². The minimum absolute atomic E-state index is 0.0332. The highest BCUT2D eigenvalue weighted by Gasteiger charge is 2.08. The van der Waals surface area contributed by atoms with Crippen molar-refractivity contribution in [3.05, 3.63) is 12.2 Å². The number of aliphatic hydroxyl groups excluding tert-OH is 2. The SMILES string of the molecule is C=C(C)C(=O)OCC(O)CCCO. The first-order valence-corrected chi connectivity index (χ1v) is 4.19. The lowest BCUT2D eigenvalue weighted by atomic mass is 10.2. The molecule has 0 spiro atoms. The van der Waals surface area contributed by atoms with E-state index < -0.39 is 12.1 Å². The summed E-state index contributed by atoms with van der Waals surface area (Å²) in [6.07, 6.45) is 0.238. The molecule has 0 fully saturated rings. The van der Waals surface area contributed by atoms with E-state index in [-0.39, 0.29) is 13.2 Å². The molecule has 4 heteroatoms. The summed E-state index contributed by atoms with van der Waals surface area (Å²) < 4.78 is 4.69. The van der Waals surface area contributed by atoms with E-state index >= 15 is 0 Å². The van der Waals surface area contributed by atoms with Crippen molar-refractivity contribution >= 4 is 5.97 Å². The molecule has 13 heavy (non-hydrogen) atoms. The van der Waals surface area contributed by atoms with Crippen LogP contribution < -0.4 is 0 Å². The summed E-state index contributed by atoms with van der Waals surface area (Å²) in [4.78, 5) is 10.8. The lowest BCUT2D eigenvalue weighted by molar-refractivity contribution is -0.142. The van der Waals surface area contributed by atoms with Gasteiger partial charge in [-0.1, -0.05) is 6.58 Å². The van der Waals surface area contributed by atoms with Crippen molar-refractivity contribution in [2.75, 3.05) is 13.2 Å². The molecule has 0 saturated heterocycles. The van der Waals surface area contributed by atoms with Gasteiger partial charge in [-0.05, 0) is 19.8 Å². The van der Waals surface area contributed by atoms with Crippen LogP contribution in [0, 0.1) is 0 Å². The third-order valence-electron chi connectivity index (χ3n) is 1.45. The predicted octanol–water partition coefficient (Wildman–Crippen LogP) is 0.239. The van der Waals surface area contributed by atoms with Crippen molar-refractivity contribution in [3.8, 4) is 0 Å². The highest BCUT2D eigenvalue weighted by atomic mass is 16.5. The summed E-state index contributed by atoms with van der Waals surface area (Å²) in [5.41, 5.74) is 0.314. The molecule has 4 nitrogen and oxygen atoms in total. The molecule has 0 amide bonds. The minimum atomic E-state index is -0.699. The van der Waals surface area contributed by atoms with Crippen LogP contribution in [0.3, 0.4) is 0 Å². The van der Waals surface area contributed by atoms with Crippen LogP contribution in [0.5, 0.6) is 0 Å². The Labute approximate surface area is 77.8 Å². The number of hydrogen-bond donors (Lipinski definition) is 2. The zero-order valence-corrected chi connectivity index (χ0v) is 7.82. The maximum Gasteiger partial charge on any atom is 0.333 e. The van der Waals surface area contributed by atoms with E-state index in [0.29, 0.717) is 18.4 Å². The van der Waals surface area contributed by atoms with Crippen molar-refractivity contribution in [3.63, 3.8) is 0 Å². The number of carbonyl (C=O) groups excluding carboxylic acids is 1. The molecule has 0 aliphatic carbocycles. The van der Waals surface area contributed by atoms with E-state index in [1.807, 2.05) is 0 Å². The third kappa shape index (κ3) is 6.31. The average molecular weight is 188 g/mol. The molecule has 0 aliphatic heterocycles. The van der Waals surface area contributed by atoms with E-state index in [9.17, 15) is 9.90 Å². The number of esters is 1. The van der Waals surface area contributed by atoms with Crippen molar-refractivity contribution < 1.29 is 19.7 Å². The largest absolute Gasteiger partial charge is 0.460 e. The fraction of sp³-hybridized carbons (Fsp3) is 0.667. The maximum atomic E-state index is 10.8. The van der Waals surface area contributed by atoms with Crippen LogP contribution in [-0.4, -0.2) is 35.5 Å². The molecule has 0 bridgehead atoms. The summed E-state index contributed by atoms with van der Waals surface area (Å²) in [7, 11) is 0. The van der Waals surface area contributed by atoms with Crippen LogP contribution in [0.15, 0.2) is 12.2 Å². The van der Waals surface area contributed by atoms with Gasteiger partial charge < -0.3 is 14.9 Å². The molecular formula is C9H16O4. The van der Waals surface area contributed by atoms with Crippen molar-refractivity contribution in [2.45, 2.75) is 25.9 Å². The standard InChI is InChI=1S/C9H16O4/c1-7(2)9(12)13-6-8(11)4-3-5-10/h8,10-11H,1,3-6H2,2H3. The van der Waals surface area contributed by atoms with Crippen molar-refractivity contribution in [1.82, 2.24) is 0 Å². The predicted molar refractivity (Wildman–Crippen MR) is 48.1 cm³/mol. The van der Waals surface area contributed by atoms with Crippen LogP contribution in [0.25, 0.3) is 0 Å². The van der Waals surface area contributed by atoms with E-state index in [2.05, 4.69) is 6.58 Å². The third-order valence-corrected chi connectivity index (χ3v) is 1.45. The molecule has 0 radical (unpaired) electrons. The van der Waals surface area contributed by atoms with E-state index in [1.54, 1.807) is 6.92 Å². The Hall–Kier alpha value is -0.870. The minimum Gasteiger partial charge on any atom is -0.460 e. The molecule has 0 rings (SSSR count). The Balaban J connectivity index is 3.51. The normalized spacial score (nSPS) is 12.2. The molecule has 0 saturated carbocycles. The molecule has 0 heterocycles. The van der Waals surface area contributed by atoms with Gasteiger partial charge in [-0.2, -0.15) is 0 Å². The van der Waals surface area contributed by atoms with Crippen LogP contribution >= 0.6 is 0 Å². The van der Waals surface area contributed by atoms with Gasteiger partial charge in [0, 0.05) is 12.2 Å². The first-order chi connectivity index (χ1) is 6.07. The van der Waals surface area contributed by atoms with E-state index in [0.717, 1.165) is 0 Å². The monoisotopic (exact) mass is 188 g/mol. The number of ether oxygens (including phenoxy) is 1. The molecule has 2 N–H and O–H groups in total. The zero-order valence-electron chi connectivity index (χ0n) is 7.82. The number of rotatable bonds is 6. The molecule has 0 aromatic heterocycles. The summed E-state index contributed by atoms with van der Waals surface area (Å²) in [6.45, 7) is 4.94. The Bertz CT molecular complexity index is 176. The molecule has 0 aromatic carbocycles. The van der Waals surface area contributed by atoms with Gasteiger partial charge in [-0.25, -0.2) is 4.79 Å². The Morgan fingerprint density at radius 3 is 2.69 bits per heavy atom. The van der Waals surface area contributed by atoms with Gasteiger partial charge >= 0.3 is 5.97 Å². The fourth-order valence-corrected chi connectivity index (χ4v) is 0.705. The zero-order chi connectivity index (χ0) is 10.3. The van der Waals surface area contributed by atoms with Gasteiger partial charge in [0.2, 0.25) is 0 Å². The lowest BCUT2D eigenvalue weighted by Crippen LogP contribution is -2.19. The first-order valence-electron chi connectivity index (χ1n) is 4.19. The van der Waals surface area contributed by atoms with Crippen LogP contribution in [0.2, 0.25) is 0 Å².